The van der Waals surface area contributed by atoms with E-state index in [1.807, 2.05) is 10.6 Å². The Balaban J connectivity index is 2.68. The zero-order chi connectivity index (χ0) is 17.4. The molecule has 0 aliphatic carbocycles. The number of benzene rings is 1. The predicted octanol–water partition coefficient (Wildman–Crippen LogP) is -0.233. The summed E-state index contributed by atoms with van der Waals surface area (Å²) in [7, 11) is 0. The number of carbonyl (C=O) groups excluding carboxylic acids is 6. The van der Waals surface area contributed by atoms with Gasteiger partial charge < -0.3 is 4.79 Å². The van der Waals surface area contributed by atoms with Gasteiger partial charge in [0, 0.05) is 11.1 Å². The first-order valence-corrected chi connectivity index (χ1v) is 6.55. The minimum Gasteiger partial charge on any atom is -0.303 e. The lowest BCUT2D eigenvalue weighted by Gasteiger charge is -2.05. The Kier molecular flexibility index (Phi) is 6.47. The van der Waals surface area contributed by atoms with Gasteiger partial charge in [-0.25, -0.2) is 0 Å². The van der Waals surface area contributed by atoms with Gasteiger partial charge in [0.05, 0.1) is 12.8 Å². The minimum atomic E-state index is -0.735. The van der Waals surface area contributed by atoms with Crippen LogP contribution in [-0.4, -0.2) is 35.7 Å². The molecule has 0 aliphatic rings. The number of hydrogen-bond acceptors (Lipinski definition) is 6. The summed E-state index contributed by atoms with van der Waals surface area (Å²) in [6.45, 7) is 1.23. The van der Waals surface area contributed by atoms with Gasteiger partial charge in [-0.3, -0.25) is 34.6 Å². The first-order valence-electron chi connectivity index (χ1n) is 6.55. The van der Waals surface area contributed by atoms with Gasteiger partial charge in [0.1, 0.15) is 12.1 Å². The van der Waals surface area contributed by atoms with Crippen LogP contribution in [0.4, 0.5) is 0 Å². The summed E-state index contributed by atoms with van der Waals surface area (Å²) in [5, 5.41) is 4.03. The van der Waals surface area contributed by atoms with Crippen molar-refractivity contribution < 1.29 is 28.8 Å². The molecule has 4 amide bonds. The van der Waals surface area contributed by atoms with Crippen LogP contribution in [0.3, 0.4) is 0 Å². The van der Waals surface area contributed by atoms with Crippen LogP contribution in [0.15, 0.2) is 24.3 Å². The van der Waals surface area contributed by atoms with Crippen molar-refractivity contribution >= 4 is 35.7 Å². The van der Waals surface area contributed by atoms with Crippen LogP contribution >= 0.6 is 0 Å². The van der Waals surface area contributed by atoms with Crippen LogP contribution in [-0.2, 0) is 19.2 Å². The molecular weight excluding hydrogens is 304 g/mol. The molecule has 0 atom stereocenters. The number of ketones is 1. The molecule has 1 aromatic rings. The van der Waals surface area contributed by atoms with Crippen molar-refractivity contribution in [2.75, 3.05) is 0 Å². The third-order valence-corrected chi connectivity index (χ3v) is 2.59. The molecule has 0 fully saturated rings. The van der Waals surface area contributed by atoms with Crippen LogP contribution in [0.5, 0.6) is 0 Å². The van der Waals surface area contributed by atoms with Crippen molar-refractivity contribution in [3.63, 3.8) is 0 Å². The molecule has 0 heterocycles. The van der Waals surface area contributed by atoms with Crippen molar-refractivity contribution in [2.45, 2.75) is 19.8 Å². The number of amides is 4. The summed E-state index contributed by atoms with van der Waals surface area (Å²) in [5.74, 6) is -3.25. The molecule has 2 N–H and O–H groups in total. The Morgan fingerprint density at radius 1 is 0.870 bits per heavy atom. The molecule has 0 saturated heterocycles. The minimum absolute atomic E-state index is 0.107. The lowest BCUT2D eigenvalue weighted by Crippen LogP contribution is -2.32. The van der Waals surface area contributed by atoms with Crippen LogP contribution in [0.1, 0.15) is 40.5 Å². The quantitative estimate of drug-likeness (QED) is 0.551. The van der Waals surface area contributed by atoms with Gasteiger partial charge >= 0.3 is 0 Å². The molecule has 0 unspecified atom stereocenters. The fourth-order valence-electron chi connectivity index (χ4n) is 1.57. The largest absolute Gasteiger partial charge is 0.303 e. The van der Waals surface area contributed by atoms with Crippen molar-refractivity contribution in [1.82, 2.24) is 10.6 Å². The summed E-state index contributed by atoms with van der Waals surface area (Å²) >= 11 is 0. The Labute approximate surface area is 131 Å². The topological polar surface area (TPSA) is 126 Å². The molecule has 8 heteroatoms. The lowest BCUT2D eigenvalue weighted by molar-refractivity contribution is -0.127. The Morgan fingerprint density at radius 3 is 1.70 bits per heavy atom. The van der Waals surface area contributed by atoms with Crippen LogP contribution in [0, 0.1) is 0 Å². The molecule has 0 saturated carbocycles. The predicted molar refractivity (Wildman–Crippen MR) is 77.4 cm³/mol. The van der Waals surface area contributed by atoms with Gasteiger partial charge in [0.25, 0.3) is 11.8 Å². The summed E-state index contributed by atoms with van der Waals surface area (Å²) in [6.07, 6.45) is -0.455. The van der Waals surface area contributed by atoms with Crippen molar-refractivity contribution in [2.24, 2.45) is 0 Å². The normalized spacial score (nSPS) is 9.61. The maximum absolute atomic E-state index is 11.7. The van der Waals surface area contributed by atoms with Crippen LogP contribution < -0.4 is 10.6 Å². The highest BCUT2D eigenvalue weighted by Gasteiger charge is 2.14. The Bertz CT molecular complexity index is 663. The van der Waals surface area contributed by atoms with E-state index in [0.717, 1.165) is 0 Å². The fourth-order valence-corrected chi connectivity index (χ4v) is 1.57. The van der Waals surface area contributed by atoms with Gasteiger partial charge in [-0.05, 0) is 31.2 Å². The smallest absolute Gasteiger partial charge is 0.257 e. The number of carbonyl (C=O) groups is 6. The molecule has 0 bridgehead atoms. The average Bonchev–Trinajstić information content (AvgIpc) is 2.46. The molecule has 1 aromatic carbocycles. The highest BCUT2D eigenvalue weighted by atomic mass is 16.2. The summed E-state index contributed by atoms with van der Waals surface area (Å²) in [6, 6.07) is 5.15. The molecule has 0 aromatic heterocycles. The van der Waals surface area contributed by atoms with Gasteiger partial charge in [0.15, 0.2) is 0 Å². The summed E-state index contributed by atoms with van der Waals surface area (Å²) < 4.78 is 0. The van der Waals surface area contributed by atoms with E-state index in [0.29, 0.717) is 6.29 Å². The van der Waals surface area contributed by atoms with E-state index < -0.39 is 36.5 Å². The molecule has 0 aliphatic heterocycles. The van der Waals surface area contributed by atoms with E-state index >= 15 is 0 Å². The highest BCUT2D eigenvalue weighted by Crippen LogP contribution is 2.05. The Hall–Kier alpha value is -3.16. The zero-order valence-corrected chi connectivity index (χ0v) is 12.3. The van der Waals surface area contributed by atoms with Gasteiger partial charge in [-0.2, -0.15) is 0 Å². The second-order valence-electron chi connectivity index (χ2n) is 4.58. The third kappa shape index (κ3) is 6.00. The van der Waals surface area contributed by atoms with E-state index in [1.165, 1.54) is 31.2 Å². The standard InChI is InChI=1S/C15H14N2O6/c1-9(19)8-13(21)17-15(23)11-4-2-10(3-5-11)14(22)16-12(20)6-7-18/h2-5,7H,6,8H2,1H3,(H,16,20,22)(H,17,21,23). The molecule has 0 spiro atoms. The molecule has 8 nitrogen and oxygen atoms in total. The Morgan fingerprint density at radius 2 is 1.30 bits per heavy atom. The first kappa shape index (κ1) is 17.9. The zero-order valence-electron chi connectivity index (χ0n) is 12.3. The van der Waals surface area contributed by atoms with E-state index in [1.54, 1.807) is 0 Å². The number of hydrogen-bond donors (Lipinski definition) is 2. The molecule has 0 radical (unpaired) electrons. The summed E-state index contributed by atoms with van der Waals surface area (Å²) in [4.78, 5) is 66.7. The third-order valence-electron chi connectivity index (χ3n) is 2.59. The monoisotopic (exact) mass is 318 g/mol. The average molecular weight is 318 g/mol. The van der Waals surface area contributed by atoms with Gasteiger partial charge in [-0.15, -0.1) is 0 Å². The second-order valence-corrected chi connectivity index (χ2v) is 4.58. The van der Waals surface area contributed by atoms with Crippen molar-refractivity contribution in [3.8, 4) is 0 Å². The first-order chi connectivity index (χ1) is 10.8. The van der Waals surface area contributed by atoms with Crippen molar-refractivity contribution in [1.29, 1.82) is 0 Å². The van der Waals surface area contributed by atoms with Crippen molar-refractivity contribution in [3.05, 3.63) is 35.4 Å². The maximum Gasteiger partial charge on any atom is 0.257 e. The van der Waals surface area contributed by atoms with E-state index in [-0.39, 0.29) is 16.9 Å². The van der Waals surface area contributed by atoms with E-state index in [9.17, 15) is 28.8 Å². The van der Waals surface area contributed by atoms with E-state index in [4.69, 9.17) is 0 Å². The number of aldehydes is 1. The van der Waals surface area contributed by atoms with Gasteiger partial charge in [0.2, 0.25) is 11.8 Å². The molecule has 23 heavy (non-hydrogen) atoms. The molecular formula is C15H14N2O6. The SMILES string of the molecule is CC(=O)CC(=O)NC(=O)c1ccc(C(=O)NC(=O)CC=O)cc1. The second kappa shape index (κ2) is 8.32. The summed E-state index contributed by atoms with van der Waals surface area (Å²) in [5.41, 5.74) is 0.216. The maximum atomic E-state index is 11.7. The fraction of sp³-hybridized carbons (Fsp3) is 0.200. The number of nitrogens with one attached hydrogen (secondary N) is 2. The van der Waals surface area contributed by atoms with Crippen LogP contribution in [0.25, 0.3) is 0 Å². The van der Waals surface area contributed by atoms with Crippen LogP contribution in [0.2, 0.25) is 0 Å². The lowest BCUT2D eigenvalue weighted by atomic mass is 10.1. The van der Waals surface area contributed by atoms with E-state index in [2.05, 4.69) is 0 Å². The molecule has 1 rings (SSSR count). The molecule has 120 valence electrons. The highest BCUT2D eigenvalue weighted by molar-refractivity contribution is 6.10. The number of rotatable bonds is 6. The number of Topliss-reactive ketones (excluding diaryl/α,β-unsaturated/α-hetero) is 1. The van der Waals surface area contributed by atoms with Gasteiger partial charge in [-0.1, -0.05) is 0 Å². The number of imide groups is 2.